The van der Waals surface area contributed by atoms with Crippen molar-refractivity contribution in [2.24, 2.45) is 5.84 Å². The number of benzene rings is 1. The Labute approximate surface area is 117 Å². The molecule has 104 valence electrons. The molecule has 0 aliphatic carbocycles. The van der Waals surface area contributed by atoms with E-state index in [0.29, 0.717) is 5.82 Å². The van der Waals surface area contributed by atoms with Crippen molar-refractivity contribution in [3.05, 3.63) is 54.0 Å². The van der Waals surface area contributed by atoms with Gasteiger partial charge in [0.25, 0.3) is 5.91 Å². The van der Waals surface area contributed by atoms with Crippen LogP contribution in [0.15, 0.2) is 42.7 Å². The van der Waals surface area contributed by atoms with Crippen LogP contribution in [0.2, 0.25) is 0 Å². The molecule has 0 radical (unpaired) electrons. The average Bonchev–Trinajstić information content (AvgIpc) is 2.53. The summed E-state index contributed by atoms with van der Waals surface area (Å²) in [5.41, 5.74) is 3.69. The van der Waals surface area contributed by atoms with Crippen LogP contribution in [0.3, 0.4) is 0 Å². The Bertz CT molecular complexity index is 556. The summed E-state index contributed by atoms with van der Waals surface area (Å²) in [4.78, 5) is 20.1. The molecule has 0 aliphatic rings. The molecule has 0 bridgehead atoms. The van der Waals surface area contributed by atoms with Crippen molar-refractivity contribution in [2.75, 3.05) is 5.43 Å². The molecule has 1 heterocycles. The first kappa shape index (κ1) is 14.0. The molecule has 20 heavy (non-hydrogen) atoms. The zero-order valence-electron chi connectivity index (χ0n) is 11.2. The fourth-order valence-corrected chi connectivity index (χ4v) is 1.86. The maximum Gasteiger partial charge on any atom is 0.271 e. The van der Waals surface area contributed by atoms with E-state index in [2.05, 4.69) is 20.7 Å². The van der Waals surface area contributed by atoms with Crippen molar-refractivity contribution in [3.8, 4) is 0 Å². The number of nitrogens with two attached hydrogens (primary N) is 1. The molecule has 1 aromatic carbocycles. The van der Waals surface area contributed by atoms with Gasteiger partial charge < -0.3 is 10.7 Å². The summed E-state index contributed by atoms with van der Waals surface area (Å²) < 4.78 is 0. The number of hydrogen-bond acceptors (Lipinski definition) is 5. The molecular weight excluding hydrogens is 254 g/mol. The number of anilines is 1. The second-order valence-corrected chi connectivity index (χ2v) is 4.28. The number of hydrazine groups is 1. The molecule has 0 aliphatic heterocycles. The van der Waals surface area contributed by atoms with Crippen LogP contribution < -0.4 is 16.6 Å². The topological polar surface area (TPSA) is 92.9 Å². The van der Waals surface area contributed by atoms with Crippen molar-refractivity contribution >= 4 is 11.7 Å². The van der Waals surface area contributed by atoms with Gasteiger partial charge >= 0.3 is 0 Å². The molecule has 2 aromatic rings. The van der Waals surface area contributed by atoms with Gasteiger partial charge in [0.1, 0.15) is 5.69 Å². The average molecular weight is 271 g/mol. The summed E-state index contributed by atoms with van der Waals surface area (Å²) in [6.07, 6.45) is 3.60. The Morgan fingerprint density at radius 2 is 2.00 bits per heavy atom. The van der Waals surface area contributed by atoms with Crippen molar-refractivity contribution in [1.82, 2.24) is 15.3 Å². The van der Waals surface area contributed by atoms with E-state index in [0.717, 1.165) is 12.0 Å². The zero-order valence-corrected chi connectivity index (χ0v) is 11.2. The third kappa shape index (κ3) is 3.30. The smallest absolute Gasteiger partial charge is 0.271 e. The lowest BCUT2D eigenvalue weighted by Crippen LogP contribution is -2.29. The highest BCUT2D eigenvalue weighted by molar-refractivity contribution is 5.92. The predicted molar refractivity (Wildman–Crippen MR) is 76.8 cm³/mol. The number of nitrogens with zero attached hydrogens (tertiary/aromatic N) is 2. The molecule has 6 heteroatoms. The van der Waals surface area contributed by atoms with E-state index >= 15 is 0 Å². The number of nitrogens with one attached hydrogen (secondary N) is 2. The predicted octanol–water partition coefficient (Wildman–Crippen LogP) is 1.64. The van der Waals surface area contributed by atoms with Gasteiger partial charge in [0.2, 0.25) is 0 Å². The molecule has 0 saturated carbocycles. The first-order chi connectivity index (χ1) is 9.74. The number of carbonyl (C=O) groups is 1. The Hall–Kier alpha value is -2.47. The lowest BCUT2D eigenvalue weighted by molar-refractivity contribution is 0.0930. The lowest BCUT2D eigenvalue weighted by Gasteiger charge is -2.17. The summed E-state index contributed by atoms with van der Waals surface area (Å²) >= 11 is 0. The number of rotatable bonds is 5. The van der Waals surface area contributed by atoms with Gasteiger partial charge in [0.15, 0.2) is 5.82 Å². The molecule has 1 unspecified atom stereocenters. The molecule has 1 atom stereocenters. The summed E-state index contributed by atoms with van der Waals surface area (Å²) in [5, 5.41) is 2.94. The Kier molecular flexibility index (Phi) is 4.62. The SMILES string of the molecule is CCC(NC(=O)c1cnc(NN)cn1)c1ccccc1. The van der Waals surface area contributed by atoms with Crippen LogP contribution in [-0.2, 0) is 0 Å². The van der Waals surface area contributed by atoms with E-state index in [9.17, 15) is 4.79 Å². The van der Waals surface area contributed by atoms with Crippen LogP contribution in [0, 0.1) is 0 Å². The molecule has 0 spiro atoms. The Balaban J connectivity index is 2.09. The molecule has 0 saturated heterocycles. The van der Waals surface area contributed by atoms with Gasteiger partial charge in [-0.3, -0.25) is 4.79 Å². The fourth-order valence-electron chi connectivity index (χ4n) is 1.86. The van der Waals surface area contributed by atoms with Gasteiger partial charge in [-0.25, -0.2) is 15.8 Å². The van der Waals surface area contributed by atoms with Crippen LogP contribution in [-0.4, -0.2) is 15.9 Å². The molecule has 1 amide bonds. The fraction of sp³-hybridized carbons (Fsp3) is 0.214. The minimum atomic E-state index is -0.253. The van der Waals surface area contributed by atoms with Gasteiger partial charge in [0, 0.05) is 0 Å². The normalized spacial score (nSPS) is 11.7. The van der Waals surface area contributed by atoms with Crippen LogP contribution in [0.4, 0.5) is 5.82 Å². The highest BCUT2D eigenvalue weighted by atomic mass is 16.1. The van der Waals surface area contributed by atoms with Crippen LogP contribution in [0.25, 0.3) is 0 Å². The maximum absolute atomic E-state index is 12.1. The molecule has 6 nitrogen and oxygen atoms in total. The van der Waals surface area contributed by atoms with E-state index in [-0.39, 0.29) is 17.6 Å². The van der Waals surface area contributed by atoms with Crippen molar-refractivity contribution < 1.29 is 4.79 Å². The summed E-state index contributed by atoms with van der Waals surface area (Å²) in [7, 11) is 0. The standard InChI is InChI=1S/C14H17N5O/c1-2-11(10-6-4-3-5-7-10)18-14(20)12-8-17-13(19-15)9-16-12/h3-9,11H,2,15H2,1H3,(H,17,19)(H,18,20). The minimum Gasteiger partial charge on any atom is -0.344 e. The quantitative estimate of drug-likeness (QED) is 0.568. The van der Waals surface area contributed by atoms with Crippen molar-refractivity contribution in [3.63, 3.8) is 0 Å². The second kappa shape index (κ2) is 6.63. The number of aromatic nitrogens is 2. The number of carbonyl (C=O) groups excluding carboxylic acids is 1. The van der Waals surface area contributed by atoms with Crippen molar-refractivity contribution in [1.29, 1.82) is 0 Å². The van der Waals surface area contributed by atoms with Crippen LogP contribution in [0.5, 0.6) is 0 Å². The Morgan fingerprint density at radius 1 is 1.25 bits per heavy atom. The van der Waals surface area contributed by atoms with E-state index < -0.39 is 0 Å². The van der Waals surface area contributed by atoms with Gasteiger partial charge in [-0.05, 0) is 12.0 Å². The first-order valence-electron chi connectivity index (χ1n) is 6.39. The van der Waals surface area contributed by atoms with E-state index in [1.165, 1.54) is 12.4 Å². The van der Waals surface area contributed by atoms with Gasteiger partial charge in [-0.15, -0.1) is 0 Å². The van der Waals surface area contributed by atoms with Gasteiger partial charge in [-0.2, -0.15) is 0 Å². The minimum absolute atomic E-state index is 0.0437. The van der Waals surface area contributed by atoms with E-state index in [4.69, 9.17) is 5.84 Å². The van der Waals surface area contributed by atoms with Crippen LogP contribution in [0.1, 0.15) is 35.4 Å². The summed E-state index contributed by atoms with van der Waals surface area (Å²) in [6.45, 7) is 2.02. The molecule has 1 aromatic heterocycles. The first-order valence-corrected chi connectivity index (χ1v) is 6.39. The lowest BCUT2D eigenvalue weighted by atomic mass is 10.0. The van der Waals surface area contributed by atoms with E-state index in [1.54, 1.807) is 0 Å². The highest BCUT2D eigenvalue weighted by Crippen LogP contribution is 2.16. The number of hydrogen-bond donors (Lipinski definition) is 3. The number of amides is 1. The molecular formula is C14H17N5O. The third-order valence-corrected chi connectivity index (χ3v) is 2.95. The zero-order chi connectivity index (χ0) is 14.4. The Morgan fingerprint density at radius 3 is 2.55 bits per heavy atom. The molecule has 0 fully saturated rings. The van der Waals surface area contributed by atoms with Crippen molar-refractivity contribution in [2.45, 2.75) is 19.4 Å². The summed E-state index contributed by atoms with van der Waals surface area (Å²) in [5.74, 6) is 5.36. The third-order valence-electron chi connectivity index (χ3n) is 2.95. The highest BCUT2D eigenvalue weighted by Gasteiger charge is 2.15. The monoisotopic (exact) mass is 271 g/mol. The maximum atomic E-state index is 12.1. The van der Waals surface area contributed by atoms with Gasteiger partial charge in [-0.1, -0.05) is 37.3 Å². The number of nitrogen functional groups attached to an aromatic ring is 1. The van der Waals surface area contributed by atoms with Gasteiger partial charge in [0.05, 0.1) is 18.4 Å². The molecule has 4 N–H and O–H groups in total. The summed E-state index contributed by atoms with van der Waals surface area (Å²) in [6, 6.07) is 9.78. The largest absolute Gasteiger partial charge is 0.344 e. The van der Waals surface area contributed by atoms with Crippen LogP contribution >= 0.6 is 0 Å². The second-order valence-electron chi connectivity index (χ2n) is 4.28. The molecule has 2 rings (SSSR count). The van der Waals surface area contributed by atoms with E-state index in [1.807, 2.05) is 37.3 Å².